The number of hydrogen-bond acceptors (Lipinski definition) is 5. The van der Waals surface area contributed by atoms with E-state index < -0.39 is 0 Å². The van der Waals surface area contributed by atoms with Gasteiger partial charge in [-0.2, -0.15) is 5.10 Å². The fraction of sp³-hybridized carbons (Fsp3) is 0.529. The Hall–Kier alpha value is -1.92. The first-order valence-corrected chi connectivity index (χ1v) is 7.98. The van der Waals surface area contributed by atoms with Crippen LogP contribution in [0.15, 0.2) is 29.4 Å². The monoisotopic (exact) mass is 319 g/mol. The van der Waals surface area contributed by atoms with E-state index in [0.717, 1.165) is 24.4 Å². The van der Waals surface area contributed by atoms with Gasteiger partial charge in [-0.15, -0.1) is 0 Å². The average Bonchev–Trinajstić information content (AvgIpc) is 2.55. The van der Waals surface area contributed by atoms with Crippen molar-refractivity contribution >= 4 is 12.1 Å². The highest BCUT2D eigenvalue weighted by molar-refractivity contribution is 5.83. The summed E-state index contributed by atoms with van der Waals surface area (Å²) in [5.74, 6) is 1.23. The molecule has 0 atom stereocenters. The van der Waals surface area contributed by atoms with Gasteiger partial charge in [0.2, 0.25) is 0 Å². The van der Waals surface area contributed by atoms with Gasteiger partial charge in [-0.3, -0.25) is 9.69 Å². The second-order valence-corrected chi connectivity index (χ2v) is 5.96. The third kappa shape index (κ3) is 6.80. The lowest BCUT2D eigenvalue weighted by molar-refractivity contribution is -0.123. The van der Waals surface area contributed by atoms with Gasteiger partial charge >= 0.3 is 0 Å². The van der Waals surface area contributed by atoms with Crippen LogP contribution in [0.2, 0.25) is 0 Å². The summed E-state index contributed by atoms with van der Waals surface area (Å²) < 4.78 is 10.9. The molecule has 1 fully saturated rings. The molecule has 0 unspecified atom stereocenters. The SMILES string of the molecule is CC(C)COc1ccc(C=NNC(=O)CN2CCOCC2)cc1. The molecule has 6 nitrogen and oxygen atoms in total. The van der Waals surface area contributed by atoms with E-state index in [-0.39, 0.29) is 5.91 Å². The number of hydrazone groups is 1. The van der Waals surface area contributed by atoms with Crippen molar-refractivity contribution in [3.8, 4) is 5.75 Å². The lowest BCUT2D eigenvalue weighted by Crippen LogP contribution is -2.42. The van der Waals surface area contributed by atoms with Gasteiger partial charge in [0.15, 0.2) is 0 Å². The highest BCUT2D eigenvalue weighted by Gasteiger charge is 2.13. The Morgan fingerprint density at radius 2 is 2.04 bits per heavy atom. The molecule has 0 saturated carbocycles. The number of rotatable bonds is 7. The van der Waals surface area contributed by atoms with Crippen molar-refractivity contribution in [2.45, 2.75) is 13.8 Å². The zero-order valence-electron chi connectivity index (χ0n) is 13.8. The molecule has 1 amide bonds. The van der Waals surface area contributed by atoms with E-state index in [1.165, 1.54) is 0 Å². The smallest absolute Gasteiger partial charge is 0.254 e. The molecule has 0 aliphatic carbocycles. The largest absolute Gasteiger partial charge is 0.493 e. The predicted octanol–water partition coefficient (Wildman–Crippen LogP) is 1.50. The Kier molecular flexibility index (Phi) is 7.03. The van der Waals surface area contributed by atoms with Crippen LogP contribution in [0, 0.1) is 5.92 Å². The number of carbonyl (C=O) groups is 1. The lowest BCUT2D eigenvalue weighted by atomic mass is 10.2. The fourth-order valence-corrected chi connectivity index (χ4v) is 2.09. The minimum atomic E-state index is -0.111. The normalized spacial score (nSPS) is 16.0. The van der Waals surface area contributed by atoms with Crippen molar-refractivity contribution in [2.24, 2.45) is 11.0 Å². The number of amides is 1. The average molecular weight is 319 g/mol. The number of nitrogens with zero attached hydrogens (tertiary/aromatic N) is 2. The molecule has 1 aromatic rings. The molecule has 1 N–H and O–H groups in total. The van der Waals surface area contributed by atoms with Gasteiger partial charge in [-0.05, 0) is 35.7 Å². The van der Waals surface area contributed by atoms with E-state index in [1.807, 2.05) is 24.3 Å². The molecule has 0 bridgehead atoms. The quantitative estimate of drug-likeness (QED) is 0.611. The van der Waals surface area contributed by atoms with Crippen molar-refractivity contribution < 1.29 is 14.3 Å². The van der Waals surface area contributed by atoms with Crippen LogP contribution < -0.4 is 10.2 Å². The zero-order chi connectivity index (χ0) is 16.5. The number of hydrogen-bond donors (Lipinski definition) is 1. The maximum atomic E-state index is 11.8. The zero-order valence-corrected chi connectivity index (χ0v) is 13.8. The summed E-state index contributed by atoms with van der Waals surface area (Å²) in [6.07, 6.45) is 1.63. The minimum absolute atomic E-state index is 0.111. The second-order valence-electron chi connectivity index (χ2n) is 5.96. The summed E-state index contributed by atoms with van der Waals surface area (Å²) in [6.45, 7) is 8.21. The summed E-state index contributed by atoms with van der Waals surface area (Å²) >= 11 is 0. The van der Waals surface area contributed by atoms with Crippen LogP contribution in [-0.2, 0) is 9.53 Å². The Morgan fingerprint density at radius 3 is 2.70 bits per heavy atom. The van der Waals surface area contributed by atoms with Crippen LogP contribution in [0.3, 0.4) is 0 Å². The van der Waals surface area contributed by atoms with Crippen LogP contribution in [0.5, 0.6) is 5.75 Å². The molecular formula is C17H25N3O3. The molecule has 0 aromatic heterocycles. The van der Waals surface area contributed by atoms with Gasteiger partial charge in [0.05, 0.1) is 32.6 Å². The number of morpholine rings is 1. The second kappa shape index (κ2) is 9.27. The molecular weight excluding hydrogens is 294 g/mol. The molecule has 1 aliphatic rings. The van der Waals surface area contributed by atoms with Gasteiger partial charge in [0, 0.05) is 13.1 Å². The summed E-state index contributed by atoms with van der Waals surface area (Å²) in [5.41, 5.74) is 3.46. The summed E-state index contributed by atoms with van der Waals surface area (Å²) in [7, 11) is 0. The Labute approximate surface area is 137 Å². The van der Waals surface area contributed by atoms with Crippen LogP contribution in [-0.4, -0.2) is 56.5 Å². The first-order valence-electron chi connectivity index (χ1n) is 7.98. The highest BCUT2D eigenvalue weighted by Crippen LogP contribution is 2.12. The third-order valence-corrected chi connectivity index (χ3v) is 3.34. The maximum absolute atomic E-state index is 11.8. The van der Waals surface area contributed by atoms with E-state index in [2.05, 4.69) is 29.3 Å². The van der Waals surface area contributed by atoms with Crippen LogP contribution >= 0.6 is 0 Å². The van der Waals surface area contributed by atoms with Crippen molar-refractivity contribution in [3.63, 3.8) is 0 Å². The van der Waals surface area contributed by atoms with Crippen molar-refractivity contribution in [1.29, 1.82) is 0 Å². The Balaban J connectivity index is 1.72. The van der Waals surface area contributed by atoms with Crippen LogP contribution in [0.4, 0.5) is 0 Å². The summed E-state index contributed by atoms with van der Waals surface area (Å²) in [4.78, 5) is 13.8. The fourth-order valence-electron chi connectivity index (χ4n) is 2.09. The van der Waals surface area contributed by atoms with Crippen molar-refractivity contribution in [3.05, 3.63) is 29.8 Å². The topological polar surface area (TPSA) is 63.2 Å². The molecule has 6 heteroatoms. The number of nitrogens with one attached hydrogen (secondary N) is 1. The van der Waals surface area contributed by atoms with E-state index in [9.17, 15) is 4.79 Å². The molecule has 0 radical (unpaired) electrons. The summed E-state index contributed by atoms with van der Waals surface area (Å²) in [6, 6.07) is 7.62. The molecule has 0 spiro atoms. The standard InChI is InChI=1S/C17H25N3O3/c1-14(2)13-23-16-5-3-15(4-6-16)11-18-19-17(21)12-20-7-9-22-10-8-20/h3-6,11,14H,7-10,12-13H2,1-2H3,(H,19,21). The number of ether oxygens (including phenoxy) is 2. The minimum Gasteiger partial charge on any atom is -0.493 e. The predicted molar refractivity (Wildman–Crippen MR) is 89.8 cm³/mol. The first-order chi connectivity index (χ1) is 11.1. The molecule has 1 aromatic carbocycles. The van der Waals surface area contributed by atoms with Crippen molar-refractivity contribution in [1.82, 2.24) is 10.3 Å². The molecule has 1 saturated heterocycles. The Morgan fingerprint density at radius 1 is 1.35 bits per heavy atom. The van der Waals surface area contributed by atoms with Crippen LogP contribution in [0.25, 0.3) is 0 Å². The van der Waals surface area contributed by atoms with Gasteiger partial charge in [-0.25, -0.2) is 5.43 Å². The van der Waals surface area contributed by atoms with E-state index >= 15 is 0 Å². The van der Waals surface area contributed by atoms with Gasteiger partial charge in [0.1, 0.15) is 5.75 Å². The third-order valence-electron chi connectivity index (χ3n) is 3.34. The maximum Gasteiger partial charge on any atom is 0.254 e. The molecule has 1 aliphatic heterocycles. The van der Waals surface area contributed by atoms with Crippen LogP contribution in [0.1, 0.15) is 19.4 Å². The van der Waals surface area contributed by atoms with E-state index in [0.29, 0.717) is 32.3 Å². The summed E-state index contributed by atoms with van der Waals surface area (Å²) in [5, 5.41) is 3.99. The van der Waals surface area contributed by atoms with Gasteiger partial charge < -0.3 is 9.47 Å². The highest BCUT2D eigenvalue weighted by atomic mass is 16.5. The molecule has 23 heavy (non-hydrogen) atoms. The van der Waals surface area contributed by atoms with E-state index in [1.54, 1.807) is 6.21 Å². The molecule has 126 valence electrons. The number of benzene rings is 1. The molecule has 2 rings (SSSR count). The Bertz CT molecular complexity index is 508. The van der Waals surface area contributed by atoms with Gasteiger partial charge in [0.25, 0.3) is 5.91 Å². The van der Waals surface area contributed by atoms with Crippen molar-refractivity contribution in [2.75, 3.05) is 39.5 Å². The number of carbonyl (C=O) groups excluding carboxylic acids is 1. The van der Waals surface area contributed by atoms with Gasteiger partial charge in [-0.1, -0.05) is 13.8 Å². The molecule has 1 heterocycles. The lowest BCUT2D eigenvalue weighted by Gasteiger charge is -2.25. The first kappa shape index (κ1) is 17.4. The van der Waals surface area contributed by atoms with E-state index in [4.69, 9.17) is 9.47 Å².